The minimum Gasteiger partial charge on any atom is -0.476 e. The molecule has 0 aromatic carbocycles. The molecular formula is C6H10O4. The molecule has 0 bridgehead atoms. The molecule has 0 aliphatic carbocycles. The number of rotatable bonds is 2. The van der Waals surface area contributed by atoms with Gasteiger partial charge in [0.1, 0.15) is 6.29 Å². The highest BCUT2D eigenvalue weighted by molar-refractivity contribution is 6.19. The van der Waals surface area contributed by atoms with Crippen LogP contribution in [0.2, 0.25) is 0 Å². The molecule has 0 heterocycles. The number of aldehydes is 2. The first kappa shape index (κ1) is 11.6. The fourth-order valence-electron chi connectivity index (χ4n) is 0. The molecule has 1 N–H and O–H groups in total. The zero-order valence-electron chi connectivity index (χ0n) is 5.90. The predicted octanol–water partition coefficient (Wildman–Crippen LogP) is 0.111. The topological polar surface area (TPSA) is 71.4 Å². The lowest BCUT2D eigenvalue weighted by Crippen LogP contribution is -1.91. The van der Waals surface area contributed by atoms with Crippen molar-refractivity contribution in [2.24, 2.45) is 5.92 Å². The molecule has 0 spiro atoms. The minimum atomic E-state index is -1.43. The summed E-state index contributed by atoms with van der Waals surface area (Å²) in [6.45, 7) is 3.71. The Hall–Kier alpha value is -1.19. The van der Waals surface area contributed by atoms with Crippen molar-refractivity contribution >= 4 is 18.5 Å². The molecule has 0 unspecified atom stereocenters. The quantitative estimate of drug-likeness (QED) is 0.443. The van der Waals surface area contributed by atoms with E-state index in [1.54, 1.807) is 0 Å². The van der Waals surface area contributed by atoms with Crippen molar-refractivity contribution in [3.63, 3.8) is 0 Å². The number of hydrogen-bond acceptors (Lipinski definition) is 3. The fraction of sp³-hybridized carbons (Fsp3) is 0.500. The van der Waals surface area contributed by atoms with Crippen LogP contribution in [0.4, 0.5) is 0 Å². The second-order valence-electron chi connectivity index (χ2n) is 1.84. The Morgan fingerprint density at radius 3 is 1.60 bits per heavy atom. The highest BCUT2D eigenvalue weighted by atomic mass is 16.4. The third kappa shape index (κ3) is 29.1. The Labute approximate surface area is 58.8 Å². The van der Waals surface area contributed by atoms with E-state index in [0.717, 1.165) is 6.29 Å². The second-order valence-corrected chi connectivity index (χ2v) is 1.84. The molecule has 0 saturated carbocycles. The summed E-state index contributed by atoms with van der Waals surface area (Å²) < 4.78 is 0. The van der Waals surface area contributed by atoms with Gasteiger partial charge >= 0.3 is 5.97 Å². The standard InChI is InChI=1S/C4H8O.C2H2O3/c1-4(2)3-5;3-1-2(4)5/h3-4H,1-2H3;1H,(H,4,5). The van der Waals surface area contributed by atoms with Gasteiger partial charge in [0.15, 0.2) is 0 Å². The molecule has 0 aromatic rings. The molecule has 4 nitrogen and oxygen atoms in total. The van der Waals surface area contributed by atoms with Gasteiger partial charge in [-0.25, -0.2) is 4.79 Å². The monoisotopic (exact) mass is 146 g/mol. The van der Waals surface area contributed by atoms with Crippen LogP contribution in [0.15, 0.2) is 0 Å². The summed E-state index contributed by atoms with van der Waals surface area (Å²) in [5.41, 5.74) is 0. The first-order valence-corrected chi connectivity index (χ1v) is 2.68. The van der Waals surface area contributed by atoms with Crippen LogP contribution in [-0.4, -0.2) is 23.6 Å². The smallest absolute Gasteiger partial charge is 0.368 e. The van der Waals surface area contributed by atoms with Crippen LogP contribution >= 0.6 is 0 Å². The van der Waals surface area contributed by atoms with Gasteiger partial charge in [0, 0.05) is 5.92 Å². The van der Waals surface area contributed by atoms with Gasteiger partial charge in [0.2, 0.25) is 6.29 Å². The van der Waals surface area contributed by atoms with Crippen molar-refractivity contribution in [2.75, 3.05) is 0 Å². The summed E-state index contributed by atoms with van der Waals surface area (Å²) in [6, 6.07) is 0. The lowest BCUT2D eigenvalue weighted by Gasteiger charge is -1.78. The summed E-state index contributed by atoms with van der Waals surface area (Å²) in [7, 11) is 0. The Morgan fingerprint density at radius 1 is 1.40 bits per heavy atom. The zero-order chi connectivity index (χ0) is 8.57. The fourth-order valence-corrected chi connectivity index (χ4v) is 0. The van der Waals surface area contributed by atoms with Crippen LogP contribution in [-0.2, 0) is 14.4 Å². The number of hydrogen-bond donors (Lipinski definition) is 1. The van der Waals surface area contributed by atoms with Gasteiger partial charge in [0.05, 0.1) is 0 Å². The lowest BCUT2D eigenvalue weighted by atomic mass is 10.3. The summed E-state index contributed by atoms with van der Waals surface area (Å²) in [5, 5.41) is 7.35. The molecule has 0 aromatic heterocycles. The first-order chi connectivity index (χ1) is 4.54. The predicted molar refractivity (Wildman–Crippen MR) is 34.6 cm³/mol. The molecule has 0 rings (SSSR count). The summed E-state index contributed by atoms with van der Waals surface area (Å²) in [5.74, 6) is -1.22. The van der Waals surface area contributed by atoms with Crippen LogP contribution in [0.1, 0.15) is 13.8 Å². The number of carbonyl (C=O) groups excluding carboxylic acids is 2. The number of aliphatic carboxylic acids is 1. The average Bonchev–Trinajstić information content (AvgIpc) is 1.89. The van der Waals surface area contributed by atoms with Crippen LogP contribution in [0.5, 0.6) is 0 Å². The van der Waals surface area contributed by atoms with Gasteiger partial charge in [-0.05, 0) is 0 Å². The Balaban J connectivity index is 0. The van der Waals surface area contributed by atoms with Crippen LogP contribution in [0.3, 0.4) is 0 Å². The van der Waals surface area contributed by atoms with E-state index in [-0.39, 0.29) is 12.2 Å². The Bertz CT molecular complexity index is 117. The van der Waals surface area contributed by atoms with E-state index < -0.39 is 5.97 Å². The summed E-state index contributed by atoms with van der Waals surface area (Å²) in [4.78, 5) is 27.4. The molecular weight excluding hydrogens is 136 g/mol. The second kappa shape index (κ2) is 7.81. The number of carboxylic acid groups (broad SMARTS) is 1. The van der Waals surface area contributed by atoms with E-state index in [1.165, 1.54) is 0 Å². The van der Waals surface area contributed by atoms with Gasteiger partial charge in [-0.1, -0.05) is 13.8 Å². The zero-order valence-corrected chi connectivity index (χ0v) is 5.90. The molecule has 4 heteroatoms. The first-order valence-electron chi connectivity index (χ1n) is 2.68. The van der Waals surface area contributed by atoms with Gasteiger partial charge in [-0.2, -0.15) is 0 Å². The van der Waals surface area contributed by atoms with E-state index >= 15 is 0 Å². The molecule has 10 heavy (non-hydrogen) atoms. The minimum absolute atomic E-state index is 0.167. The molecule has 0 aliphatic heterocycles. The average molecular weight is 146 g/mol. The van der Waals surface area contributed by atoms with Crippen LogP contribution in [0, 0.1) is 5.92 Å². The van der Waals surface area contributed by atoms with Gasteiger partial charge < -0.3 is 9.90 Å². The van der Waals surface area contributed by atoms with Crippen molar-refractivity contribution in [3.05, 3.63) is 0 Å². The third-order valence-electron chi connectivity index (χ3n) is 0.373. The maximum absolute atomic E-state index is 9.50. The molecule has 0 fully saturated rings. The van der Waals surface area contributed by atoms with Gasteiger partial charge in [-0.3, -0.25) is 4.79 Å². The normalized spacial score (nSPS) is 7.50. The molecule has 0 saturated heterocycles. The Kier molecular flexibility index (Phi) is 9.05. The molecule has 0 radical (unpaired) electrons. The van der Waals surface area contributed by atoms with Gasteiger partial charge in [0.25, 0.3) is 0 Å². The molecule has 58 valence electrons. The molecule has 0 aliphatic rings. The maximum atomic E-state index is 9.50. The van der Waals surface area contributed by atoms with Crippen molar-refractivity contribution < 1.29 is 19.5 Å². The Morgan fingerprint density at radius 2 is 1.60 bits per heavy atom. The SMILES string of the molecule is CC(C)C=O.O=CC(=O)O. The largest absolute Gasteiger partial charge is 0.476 e. The van der Waals surface area contributed by atoms with E-state index in [4.69, 9.17) is 14.7 Å². The van der Waals surface area contributed by atoms with Crippen molar-refractivity contribution in [2.45, 2.75) is 13.8 Å². The summed E-state index contributed by atoms with van der Waals surface area (Å²) >= 11 is 0. The van der Waals surface area contributed by atoms with E-state index in [2.05, 4.69) is 0 Å². The van der Waals surface area contributed by atoms with E-state index in [0.29, 0.717) is 0 Å². The van der Waals surface area contributed by atoms with Crippen molar-refractivity contribution in [1.82, 2.24) is 0 Å². The number of carbonyl (C=O) groups is 3. The van der Waals surface area contributed by atoms with Crippen molar-refractivity contribution in [1.29, 1.82) is 0 Å². The number of carboxylic acids is 1. The van der Waals surface area contributed by atoms with Crippen LogP contribution < -0.4 is 0 Å². The van der Waals surface area contributed by atoms with Gasteiger partial charge in [-0.15, -0.1) is 0 Å². The van der Waals surface area contributed by atoms with E-state index in [1.807, 2.05) is 13.8 Å². The highest BCUT2D eigenvalue weighted by Gasteiger charge is 1.80. The lowest BCUT2D eigenvalue weighted by molar-refractivity contribution is -0.143. The third-order valence-corrected chi connectivity index (χ3v) is 0.373. The van der Waals surface area contributed by atoms with Crippen LogP contribution in [0.25, 0.3) is 0 Å². The van der Waals surface area contributed by atoms with Crippen molar-refractivity contribution in [3.8, 4) is 0 Å². The molecule has 0 atom stereocenters. The van der Waals surface area contributed by atoms with E-state index in [9.17, 15) is 4.79 Å². The maximum Gasteiger partial charge on any atom is 0.368 e. The molecule has 0 amide bonds. The summed E-state index contributed by atoms with van der Waals surface area (Å²) in [6.07, 6.45) is 0.750. The highest BCUT2D eigenvalue weighted by Crippen LogP contribution is 1.78.